The van der Waals surface area contributed by atoms with Crippen molar-refractivity contribution in [3.05, 3.63) is 33.3 Å². The third-order valence-electron chi connectivity index (χ3n) is 3.16. The van der Waals surface area contributed by atoms with Crippen LogP contribution < -0.4 is 5.32 Å². The van der Waals surface area contributed by atoms with Gasteiger partial charge in [-0.2, -0.15) is 0 Å². The minimum atomic E-state index is 0.345. The molecule has 3 heterocycles. The van der Waals surface area contributed by atoms with Crippen molar-refractivity contribution in [1.82, 2.24) is 30.5 Å². The second kappa shape index (κ2) is 5.52. The molecule has 0 spiro atoms. The molecule has 2 aromatic heterocycles. The van der Waals surface area contributed by atoms with Crippen LogP contribution in [0.3, 0.4) is 0 Å². The summed E-state index contributed by atoms with van der Waals surface area (Å²) in [6.07, 6.45) is 3.67. The number of hydrogen-bond donors (Lipinski definition) is 1. The van der Waals surface area contributed by atoms with E-state index < -0.39 is 0 Å². The second-order valence-electron chi connectivity index (χ2n) is 4.48. The first-order valence-corrected chi connectivity index (χ1v) is 7.18. The average molecular weight is 344 g/mol. The first kappa shape index (κ1) is 13.0. The third kappa shape index (κ3) is 2.93. The lowest BCUT2D eigenvalue weighted by atomic mass is 10.1. The normalized spacial score (nSPS) is 18.3. The Labute approximate surface area is 123 Å². The van der Waals surface area contributed by atoms with Gasteiger partial charge in [0, 0.05) is 29.7 Å². The molecule has 1 N–H and O–H groups in total. The van der Waals surface area contributed by atoms with Gasteiger partial charge < -0.3 is 5.32 Å². The lowest BCUT2D eigenvalue weighted by Gasteiger charge is -2.22. The summed E-state index contributed by atoms with van der Waals surface area (Å²) in [6.45, 7) is 1.44. The van der Waals surface area contributed by atoms with Crippen molar-refractivity contribution in [3.63, 3.8) is 0 Å². The van der Waals surface area contributed by atoms with Crippen LogP contribution in [0.15, 0.2) is 16.7 Å². The number of hydrogen-bond acceptors (Lipinski definition) is 5. The average Bonchev–Trinajstić information content (AvgIpc) is 2.85. The summed E-state index contributed by atoms with van der Waals surface area (Å²) < 4.78 is 2.73. The quantitative estimate of drug-likeness (QED) is 0.916. The number of fused-ring (bicyclic) bond motifs is 1. The number of nitrogens with one attached hydrogen (secondary N) is 1. The van der Waals surface area contributed by atoms with Crippen molar-refractivity contribution in [2.45, 2.75) is 32.0 Å². The third-order valence-corrected chi connectivity index (χ3v) is 3.92. The largest absolute Gasteiger partial charge is 0.306 e. The first-order valence-electron chi connectivity index (χ1n) is 6.01. The number of halogens is 2. The van der Waals surface area contributed by atoms with Gasteiger partial charge in [0.15, 0.2) is 5.82 Å². The molecule has 1 unspecified atom stereocenters. The van der Waals surface area contributed by atoms with E-state index in [1.54, 1.807) is 6.20 Å². The van der Waals surface area contributed by atoms with E-state index in [-0.39, 0.29) is 0 Å². The zero-order valence-corrected chi connectivity index (χ0v) is 12.4. The summed E-state index contributed by atoms with van der Waals surface area (Å²) in [5.41, 5.74) is 0.854. The Morgan fingerprint density at radius 1 is 1.53 bits per heavy atom. The van der Waals surface area contributed by atoms with Gasteiger partial charge in [-0.1, -0.05) is 11.6 Å². The van der Waals surface area contributed by atoms with Gasteiger partial charge in [0.25, 0.3) is 0 Å². The summed E-state index contributed by atoms with van der Waals surface area (Å²) in [6, 6.07) is 2.20. The zero-order valence-electron chi connectivity index (χ0n) is 10.1. The van der Waals surface area contributed by atoms with Gasteiger partial charge in [0.05, 0.1) is 17.3 Å². The Balaban J connectivity index is 1.61. The Morgan fingerprint density at radius 3 is 3.26 bits per heavy atom. The van der Waals surface area contributed by atoms with Crippen molar-refractivity contribution in [2.75, 3.05) is 0 Å². The molecule has 0 aliphatic carbocycles. The fourth-order valence-electron chi connectivity index (χ4n) is 2.13. The summed E-state index contributed by atoms with van der Waals surface area (Å²) in [5.74, 6) is 0.956. The van der Waals surface area contributed by atoms with E-state index in [1.165, 1.54) is 0 Å². The Morgan fingerprint density at radius 2 is 2.42 bits per heavy atom. The molecular weight excluding hydrogens is 332 g/mol. The highest BCUT2D eigenvalue weighted by atomic mass is 79.9. The highest BCUT2D eigenvalue weighted by molar-refractivity contribution is 9.10. The number of pyridine rings is 1. The van der Waals surface area contributed by atoms with Crippen LogP contribution in [0.25, 0.3) is 0 Å². The maximum atomic E-state index is 6.14. The topological polar surface area (TPSA) is 68.5 Å². The van der Waals surface area contributed by atoms with Crippen molar-refractivity contribution >= 4 is 27.5 Å². The molecule has 0 bridgehead atoms. The standard InChI is InChI=1S/C11H12BrClN6/c12-7-3-9(13)10(15-4-7)5-14-8-1-2-11-16-17-18-19(11)6-8/h3-4,8,14H,1-2,5-6H2. The van der Waals surface area contributed by atoms with Crippen LogP contribution >= 0.6 is 27.5 Å². The minimum absolute atomic E-state index is 0.345. The molecule has 0 saturated heterocycles. The van der Waals surface area contributed by atoms with Gasteiger partial charge in [-0.05, 0) is 38.8 Å². The maximum absolute atomic E-state index is 6.14. The van der Waals surface area contributed by atoms with Crippen molar-refractivity contribution in [2.24, 2.45) is 0 Å². The van der Waals surface area contributed by atoms with Crippen LogP contribution in [-0.2, 0) is 19.5 Å². The first-order chi connectivity index (χ1) is 9.22. The predicted molar refractivity (Wildman–Crippen MR) is 73.7 cm³/mol. The molecule has 1 aliphatic heterocycles. The van der Waals surface area contributed by atoms with Crippen LogP contribution in [0.5, 0.6) is 0 Å². The zero-order chi connectivity index (χ0) is 13.2. The fraction of sp³-hybridized carbons (Fsp3) is 0.455. The maximum Gasteiger partial charge on any atom is 0.151 e. The Bertz CT molecular complexity index is 586. The summed E-state index contributed by atoms with van der Waals surface area (Å²) in [4.78, 5) is 4.31. The SMILES string of the molecule is Clc1cc(Br)cnc1CNC1CCc2nnnn2C1. The van der Waals surface area contributed by atoms with Crippen LogP contribution in [0.2, 0.25) is 5.02 Å². The van der Waals surface area contributed by atoms with Gasteiger partial charge in [0.1, 0.15) is 0 Å². The van der Waals surface area contributed by atoms with Gasteiger partial charge in [0.2, 0.25) is 0 Å². The highest BCUT2D eigenvalue weighted by Crippen LogP contribution is 2.19. The number of rotatable bonds is 3. The van der Waals surface area contributed by atoms with E-state index in [0.29, 0.717) is 17.6 Å². The molecule has 0 amide bonds. The molecule has 0 fully saturated rings. The lowest BCUT2D eigenvalue weighted by molar-refractivity contribution is 0.354. The Kier molecular flexibility index (Phi) is 3.76. The second-order valence-corrected chi connectivity index (χ2v) is 5.80. The minimum Gasteiger partial charge on any atom is -0.306 e. The van der Waals surface area contributed by atoms with Crippen molar-refractivity contribution < 1.29 is 0 Å². The van der Waals surface area contributed by atoms with E-state index in [4.69, 9.17) is 11.6 Å². The van der Waals surface area contributed by atoms with Crippen LogP contribution in [0, 0.1) is 0 Å². The van der Waals surface area contributed by atoms with Gasteiger partial charge in [-0.3, -0.25) is 4.98 Å². The van der Waals surface area contributed by atoms with Gasteiger partial charge in [-0.15, -0.1) is 5.10 Å². The van der Waals surface area contributed by atoms with Crippen molar-refractivity contribution in [3.8, 4) is 0 Å². The molecule has 1 aliphatic rings. The monoisotopic (exact) mass is 342 g/mol. The number of tetrazole rings is 1. The van der Waals surface area contributed by atoms with Crippen molar-refractivity contribution in [1.29, 1.82) is 0 Å². The van der Waals surface area contributed by atoms with E-state index >= 15 is 0 Å². The molecule has 8 heteroatoms. The number of aromatic nitrogens is 5. The smallest absolute Gasteiger partial charge is 0.151 e. The molecule has 6 nitrogen and oxygen atoms in total. The number of nitrogens with zero attached hydrogens (tertiary/aromatic N) is 5. The van der Waals surface area contributed by atoms with Gasteiger partial charge in [-0.25, -0.2) is 4.68 Å². The molecule has 0 saturated carbocycles. The van der Waals surface area contributed by atoms with E-state index in [0.717, 1.165) is 35.4 Å². The summed E-state index contributed by atoms with van der Waals surface area (Å²) in [7, 11) is 0. The van der Waals surface area contributed by atoms with Gasteiger partial charge >= 0.3 is 0 Å². The van der Waals surface area contributed by atoms with Crippen LogP contribution in [0.1, 0.15) is 17.9 Å². The molecule has 0 radical (unpaired) electrons. The predicted octanol–water partition coefficient (Wildman–Crippen LogP) is 1.59. The van der Waals surface area contributed by atoms with E-state index in [9.17, 15) is 0 Å². The van der Waals surface area contributed by atoms with Crippen LogP contribution in [0.4, 0.5) is 0 Å². The number of aryl methyl sites for hydroxylation is 1. The molecule has 2 aromatic rings. The summed E-state index contributed by atoms with van der Waals surface area (Å²) in [5, 5.41) is 15.7. The fourth-order valence-corrected chi connectivity index (χ4v) is 2.82. The molecule has 3 rings (SSSR count). The highest BCUT2D eigenvalue weighted by Gasteiger charge is 2.20. The molecule has 19 heavy (non-hydrogen) atoms. The van der Waals surface area contributed by atoms with Crippen LogP contribution in [-0.4, -0.2) is 31.2 Å². The molecule has 0 aromatic carbocycles. The summed E-state index contributed by atoms with van der Waals surface area (Å²) >= 11 is 9.49. The molecule has 100 valence electrons. The lowest BCUT2D eigenvalue weighted by Crippen LogP contribution is -2.37. The molecule has 1 atom stereocenters. The Hall–Kier alpha value is -1.05. The van der Waals surface area contributed by atoms with E-state index in [1.807, 2.05) is 10.7 Å². The molecular formula is C11H12BrClN6. The van der Waals surface area contributed by atoms with E-state index in [2.05, 4.69) is 41.8 Å².